The summed E-state index contributed by atoms with van der Waals surface area (Å²) in [6.07, 6.45) is 3.51. The predicted octanol–water partition coefficient (Wildman–Crippen LogP) is 4.68. The number of rotatable bonds is 4. The molecule has 0 spiro atoms. The largest absolute Gasteiger partial charge is 0.378 e. The van der Waals surface area contributed by atoms with E-state index in [0.29, 0.717) is 5.56 Å². The number of hydrogen-bond acceptors (Lipinski definition) is 5. The van der Waals surface area contributed by atoms with E-state index in [1.54, 1.807) is 23.7 Å². The Morgan fingerprint density at radius 1 is 1.07 bits per heavy atom. The maximum Gasteiger partial charge on any atom is 0.255 e. The molecule has 1 N–H and O–H groups in total. The number of amides is 1. The van der Waals surface area contributed by atoms with Crippen LogP contribution in [0.4, 0.5) is 11.4 Å². The van der Waals surface area contributed by atoms with E-state index in [-0.39, 0.29) is 5.91 Å². The fraction of sp³-hybridized carbons (Fsp3) is 0.0952. The number of carbonyl (C=O) groups is 1. The average molecular weight is 374 g/mol. The van der Waals surface area contributed by atoms with Crippen LogP contribution in [0.25, 0.3) is 20.8 Å². The minimum absolute atomic E-state index is 0.145. The van der Waals surface area contributed by atoms with Gasteiger partial charge in [0, 0.05) is 37.1 Å². The van der Waals surface area contributed by atoms with Crippen LogP contribution >= 0.6 is 11.3 Å². The lowest BCUT2D eigenvalue weighted by atomic mass is 10.1. The standard InChI is InChI=1S/C21H18N4OS/c1-25(2)15-7-5-6-14(12-15)20(26)23-17-9-4-3-8-16(17)21-24-18-13-22-11-10-19(18)27-21/h3-13H,1-2H3,(H,23,26). The Balaban J connectivity index is 1.67. The Hall–Kier alpha value is -3.25. The van der Waals surface area contributed by atoms with Gasteiger partial charge in [-0.05, 0) is 36.4 Å². The molecule has 0 fully saturated rings. The van der Waals surface area contributed by atoms with E-state index in [1.165, 1.54) is 0 Å². The molecule has 0 saturated heterocycles. The van der Waals surface area contributed by atoms with Crippen molar-refractivity contribution in [1.82, 2.24) is 9.97 Å². The third-order valence-electron chi connectivity index (χ3n) is 4.22. The first-order valence-electron chi connectivity index (χ1n) is 8.50. The van der Waals surface area contributed by atoms with E-state index in [4.69, 9.17) is 0 Å². The average Bonchev–Trinajstić information content (AvgIpc) is 3.12. The van der Waals surface area contributed by atoms with Gasteiger partial charge in [0.25, 0.3) is 5.91 Å². The van der Waals surface area contributed by atoms with Crippen LogP contribution in [0.5, 0.6) is 0 Å². The number of nitrogens with one attached hydrogen (secondary N) is 1. The number of thiazole rings is 1. The van der Waals surface area contributed by atoms with Crippen molar-refractivity contribution in [2.75, 3.05) is 24.3 Å². The number of anilines is 2. The summed E-state index contributed by atoms with van der Waals surface area (Å²) >= 11 is 1.58. The van der Waals surface area contributed by atoms with E-state index in [2.05, 4.69) is 15.3 Å². The Morgan fingerprint density at radius 3 is 2.74 bits per heavy atom. The molecule has 4 aromatic rings. The Labute approximate surface area is 161 Å². The van der Waals surface area contributed by atoms with Gasteiger partial charge in [-0.25, -0.2) is 4.98 Å². The van der Waals surface area contributed by atoms with Gasteiger partial charge in [-0.2, -0.15) is 0 Å². The summed E-state index contributed by atoms with van der Waals surface area (Å²) in [6.45, 7) is 0. The molecule has 0 aliphatic heterocycles. The number of benzene rings is 2. The van der Waals surface area contributed by atoms with E-state index < -0.39 is 0 Å². The van der Waals surface area contributed by atoms with E-state index >= 15 is 0 Å². The third kappa shape index (κ3) is 3.52. The third-order valence-corrected chi connectivity index (χ3v) is 5.29. The lowest BCUT2D eigenvalue weighted by Crippen LogP contribution is -2.14. The van der Waals surface area contributed by atoms with Crippen LogP contribution in [0.3, 0.4) is 0 Å². The first-order valence-corrected chi connectivity index (χ1v) is 9.32. The minimum Gasteiger partial charge on any atom is -0.378 e. The van der Waals surface area contributed by atoms with Gasteiger partial charge in [-0.1, -0.05) is 18.2 Å². The number of hydrogen-bond donors (Lipinski definition) is 1. The van der Waals surface area contributed by atoms with Crippen molar-refractivity contribution in [1.29, 1.82) is 0 Å². The smallest absolute Gasteiger partial charge is 0.255 e. The molecule has 0 aliphatic rings. The van der Waals surface area contributed by atoms with Crippen molar-refractivity contribution in [3.8, 4) is 10.6 Å². The van der Waals surface area contributed by atoms with Crippen LogP contribution in [0, 0.1) is 0 Å². The van der Waals surface area contributed by atoms with Crippen molar-refractivity contribution in [2.45, 2.75) is 0 Å². The van der Waals surface area contributed by atoms with Gasteiger partial charge >= 0.3 is 0 Å². The van der Waals surface area contributed by atoms with Gasteiger partial charge in [0.05, 0.1) is 16.6 Å². The Kier molecular flexibility index (Phi) is 4.56. The second kappa shape index (κ2) is 7.17. The van der Waals surface area contributed by atoms with Crippen molar-refractivity contribution < 1.29 is 4.79 Å². The zero-order valence-electron chi connectivity index (χ0n) is 15.0. The maximum atomic E-state index is 12.8. The molecule has 6 heteroatoms. The summed E-state index contributed by atoms with van der Waals surface area (Å²) in [6, 6.07) is 17.2. The van der Waals surface area contributed by atoms with Crippen LogP contribution in [0.1, 0.15) is 10.4 Å². The quantitative estimate of drug-likeness (QED) is 0.564. The molecule has 2 aromatic carbocycles. The van der Waals surface area contributed by atoms with Crippen molar-refractivity contribution in [2.24, 2.45) is 0 Å². The molecule has 0 radical (unpaired) electrons. The number of pyridine rings is 1. The molecule has 0 saturated carbocycles. The highest BCUT2D eigenvalue weighted by molar-refractivity contribution is 7.21. The molecule has 0 aliphatic carbocycles. The number of carbonyl (C=O) groups excluding carboxylic acids is 1. The Bertz CT molecular complexity index is 1090. The second-order valence-corrected chi connectivity index (χ2v) is 7.34. The summed E-state index contributed by atoms with van der Waals surface area (Å²) < 4.78 is 1.07. The molecule has 0 bridgehead atoms. The van der Waals surface area contributed by atoms with E-state index in [0.717, 1.165) is 32.2 Å². The first kappa shape index (κ1) is 17.2. The molecule has 4 rings (SSSR count). The fourth-order valence-corrected chi connectivity index (χ4v) is 3.77. The number of para-hydroxylation sites is 1. The topological polar surface area (TPSA) is 58.1 Å². The van der Waals surface area contributed by atoms with Gasteiger partial charge in [0.15, 0.2) is 0 Å². The number of aromatic nitrogens is 2. The second-order valence-electron chi connectivity index (χ2n) is 6.31. The predicted molar refractivity (Wildman–Crippen MR) is 112 cm³/mol. The summed E-state index contributed by atoms with van der Waals surface area (Å²) in [5.41, 5.74) is 4.09. The zero-order chi connectivity index (χ0) is 18.8. The SMILES string of the molecule is CN(C)c1cccc(C(=O)Nc2ccccc2-c2nc3cnccc3s2)c1. The highest BCUT2D eigenvalue weighted by Gasteiger charge is 2.14. The molecule has 2 aromatic heterocycles. The van der Waals surface area contributed by atoms with Crippen molar-refractivity contribution in [3.63, 3.8) is 0 Å². The molecule has 2 heterocycles. The fourth-order valence-electron chi connectivity index (χ4n) is 2.79. The first-order chi connectivity index (χ1) is 13.1. The van der Waals surface area contributed by atoms with Gasteiger partial charge in [-0.15, -0.1) is 11.3 Å². The van der Waals surface area contributed by atoms with Crippen LogP contribution in [-0.4, -0.2) is 30.0 Å². The highest BCUT2D eigenvalue weighted by atomic mass is 32.1. The molecule has 1 amide bonds. The molecular weight excluding hydrogens is 356 g/mol. The van der Waals surface area contributed by atoms with Crippen LogP contribution in [0.15, 0.2) is 67.0 Å². The molecule has 27 heavy (non-hydrogen) atoms. The van der Waals surface area contributed by atoms with E-state index in [9.17, 15) is 4.79 Å². The van der Waals surface area contributed by atoms with Gasteiger partial charge in [0.1, 0.15) is 10.5 Å². The van der Waals surface area contributed by atoms with Crippen molar-refractivity contribution >= 4 is 38.8 Å². The minimum atomic E-state index is -0.145. The summed E-state index contributed by atoms with van der Waals surface area (Å²) in [7, 11) is 3.91. The molecule has 0 atom stereocenters. The van der Waals surface area contributed by atoms with Crippen LogP contribution in [-0.2, 0) is 0 Å². The highest BCUT2D eigenvalue weighted by Crippen LogP contribution is 2.34. The number of fused-ring (bicyclic) bond motifs is 1. The normalized spacial score (nSPS) is 10.7. The van der Waals surface area contributed by atoms with E-state index in [1.807, 2.05) is 73.6 Å². The molecule has 134 valence electrons. The van der Waals surface area contributed by atoms with Crippen molar-refractivity contribution in [3.05, 3.63) is 72.6 Å². The van der Waals surface area contributed by atoms with Gasteiger partial charge < -0.3 is 10.2 Å². The lowest BCUT2D eigenvalue weighted by molar-refractivity contribution is 0.102. The molecular formula is C21H18N4OS. The van der Waals surface area contributed by atoms with Crippen LogP contribution in [0.2, 0.25) is 0 Å². The van der Waals surface area contributed by atoms with Gasteiger partial charge in [-0.3, -0.25) is 9.78 Å². The number of nitrogens with zero attached hydrogens (tertiary/aromatic N) is 3. The van der Waals surface area contributed by atoms with Gasteiger partial charge in [0.2, 0.25) is 0 Å². The maximum absolute atomic E-state index is 12.8. The molecule has 0 unspecified atom stereocenters. The summed E-state index contributed by atoms with van der Waals surface area (Å²) in [5, 5.41) is 3.89. The molecule has 5 nitrogen and oxygen atoms in total. The summed E-state index contributed by atoms with van der Waals surface area (Å²) in [5.74, 6) is -0.145. The lowest BCUT2D eigenvalue weighted by Gasteiger charge is -2.14. The Morgan fingerprint density at radius 2 is 1.93 bits per heavy atom. The summed E-state index contributed by atoms with van der Waals surface area (Å²) in [4.78, 5) is 23.5. The van der Waals surface area contributed by atoms with Crippen LogP contribution < -0.4 is 10.2 Å². The zero-order valence-corrected chi connectivity index (χ0v) is 15.8. The monoisotopic (exact) mass is 374 g/mol.